The topological polar surface area (TPSA) is 98.8 Å². The van der Waals surface area contributed by atoms with Crippen molar-refractivity contribution in [3.05, 3.63) is 42.0 Å². The van der Waals surface area contributed by atoms with E-state index in [2.05, 4.69) is 175 Å². The molecule has 0 aliphatic heterocycles. The van der Waals surface area contributed by atoms with E-state index in [0.29, 0.717) is 13.2 Å². The molecule has 10 atom stereocenters. The van der Waals surface area contributed by atoms with Crippen molar-refractivity contribution >= 4 is 45.0 Å². The third kappa shape index (κ3) is 17.7. The molecule has 0 unspecified atom stereocenters. The molecular weight excluding hydrogens is 905 g/mol. The van der Waals surface area contributed by atoms with Crippen molar-refractivity contribution in [1.82, 2.24) is 0 Å². The Labute approximate surface area is 416 Å². The molecule has 0 fully saturated rings. The second kappa shape index (κ2) is 24.3. The summed E-state index contributed by atoms with van der Waals surface area (Å²) in [6.45, 7) is 59.2. The summed E-state index contributed by atoms with van der Waals surface area (Å²) in [5, 5.41) is -0.207. The first-order valence-electron chi connectivity index (χ1n) is 25.2. The minimum absolute atomic E-state index is 0.0344. The van der Waals surface area contributed by atoms with Gasteiger partial charge in [-0.25, -0.2) is 4.79 Å². The second-order valence-corrected chi connectivity index (χ2v) is 45.2. The van der Waals surface area contributed by atoms with E-state index in [0.717, 1.165) is 11.3 Å². The summed E-state index contributed by atoms with van der Waals surface area (Å²) in [5.41, 5.74) is 1.03. The Morgan fingerprint density at radius 3 is 1.34 bits per heavy atom. The molecule has 0 bridgehead atoms. The molecule has 0 aliphatic carbocycles. The summed E-state index contributed by atoms with van der Waals surface area (Å²) in [4.78, 5) is 27.9. The van der Waals surface area contributed by atoms with Gasteiger partial charge < -0.3 is 31.9 Å². The molecule has 0 N–H and O–H groups in total. The number of benzene rings is 1. The normalized spacial score (nSPS) is 18.6. The van der Waals surface area contributed by atoms with E-state index in [4.69, 9.17) is 31.9 Å². The van der Waals surface area contributed by atoms with Gasteiger partial charge in [0.05, 0.1) is 45.2 Å². The molecule has 67 heavy (non-hydrogen) atoms. The highest BCUT2D eigenvalue weighted by atomic mass is 28.4. The lowest BCUT2D eigenvalue weighted by atomic mass is 9.76. The van der Waals surface area contributed by atoms with Crippen LogP contribution in [-0.2, 0) is 43.4 Å². The molecule has 0 aliphatic rings. The predicted molar refractivity (Wildman–Crippen MR) is 292 cm³/mol. The highest BCUT2D eigenvalue weighted by Crippen LogP contribution is 2.45. The molecular formula is C54H104O9Si4. The number of rotatable bonds is 25. The van der Waals surface area contributed by atoms with E-state index in [1.807, 2.05) is 32.1 Å². The number of esters is 1. The fourth-order valence-electron chi connectivity index (χ4n) is 7.49. The van der Waals surface area contributed by atoms with Crippen LogP contribution in [0.3, 0.4) is 0 Å². The van der Waals surface area contributed by atoms with Gasteiger partial charge in [-0.2, -0.15) is 0 Å². The number of methoxy groups -OCH3 is 2. The van der Waals surface area contributed by atoms with Gasteiger partial charge in [-0.3, -0.25) is 4.79 Å². The van der Waals surface area contributed by atoms with Crippen LogP contribution in [0.1, 0.15) is 130 Å². The molecule has 0 radical (unpaired) electrons. The minimum atomic E-state index is -2.51. The van der Waals surface area contributed by atoms with Gasteiger partial charge in [0, 0.05) is 48.2 Å². The molecule has 0 spiro atoms. The Balaban J connectivity index is 4.22. The van der Waals surface area contributed by atoms with Gasteiger partial charge >= 0.3 is 5.97 Å². The maximum absolute atomic E-state index is 15.5. The summed E-state index contributed by atoms with van der Waals surface area (Å²) in [5.74, 6) is -1.19. The van der Waals surface area contributed by atoms with E-state index >= 15 is 4.79 Å². The number of carbonyl (C=O) groups excluding carboxylic acids is 2. The summed E-state index contributed by atoms with van der Waals surface area (Å²) < 4.78 is 47.1. The Bertz CT molecular complexity index is 1710. The van der Waals surface area contributed by atoms with Crippen molar-refractivity contribution in [2.24, 2.45) is 35.5 Å². The van der Waals surface area contributed by atoms with Gasteiger partial charge in [-0.15, -0.1) is 0 Å². The quantitative estimate of drug-likeness (QED) is 0.0539. The van der Waals surface area contributed by atoms with Crippen LogP contribution < -0.4 is 4.74 Å². The zero-order valence-corrected chi connectivity index (χ0v) is 52.3. The Kier molecular flexibility index (Phi) is 23.1. The lowest BCUT2D eigenvalue weighted by Crippen LogP contribution is -2.56. The zero-order chi connectivity index (χ0) is 52.7. The van der Waals surface area contributed by atoms with E-state index in [1.165, 1.54) is 13.2 Å². The lowest BCUT2D eigenvalue weighted by Gasteiger charge is -2.48. The number of hydrogen-bond donors (Lipinski definition) is 0. The fraction of sp³-hybridized carbons (Fsp3) is 0.815. The standard InChI is InChI=1S/C54H104O9Si4/c1-37(29-34-45(55)58-20)47(61-65(23,24)52(10,11)12)39(3)46(56)40(4)50(63-67(27,28)54(16,17)18)42(6)49(59-36-43-30-32-44(57-19)33-31-43)41(5)48(62-66(25,26)53(13,14)15)38(2)35-60-64(21,22)51(7,8)9/h29-34,37-42,47-50H,35-36H2,1-28H3/b34-29+/t37-,38+,39+,40-,41-,42+,47+,48-,49+,50+/m0/s1. The molecule has 0 amide bonds. The molecule has 0 saturated heterocycles. The predicted octanol–water partition coefficient (Wildman–Crippen LogP) is 14.9. The number of ketones is 1. The maximum atomic E-state index is 15.5. The van der Waals surface area contributed by atoms with E-state index in [9.17, 15) is 4.79 Å². The zero-order valence-electron chi connectivity index (χ0n) is 48.3. The van der Waals surface area contributed by atoms with Crippen LogP contribution in [0, 0.1) is 35.5 Å². The third-order valence-electron chi connectivity index (χ3n) is 16.6. The second-order valence-electron chi connectivity index (χ2n) is 26.1. The molecule has 0 saturated carbocycles. The van der Waals surface area contributed by atoms with Crippen LogP contribution in [0.15, 0.2) is 36.4 Å². The Morgan fingerprint density at radius 1 is 0.552 bits per heavy atom. The van der Waals surface area contributed by atoms with Gasteiger partial charge in [0.1, 0.15) is 11.5 Å². The summed E-state index contributed by atoms with van der Waals surface area (Å²) in [7, 11) is -6.28. The van der Waals surface area contributed by atoms with Crippen LogP contribution in [-0.4, -0.2) is 90.3 Å². The Morgan fingerprint density at radius 2 is 0.940 bits per heavy atom. The number of hydrogen-bond acceptors (Lipinski definition) is 9. The SMILES string of the molecule is COC(=O)/C=C/[C@H](C)[C@@H](O[Si](C)(C)C(C)(C)C)[C@H](C)C(=O)[C@H](C)[C@@H](O[Si](C)(C)C(C)(C)C)[C@H](C)[C@H](OCc1ccc(OC)cc1)[C@@H](C)[C@@H](O[Si](C)(C)C(C)(C)C)[C@H](C)CO[Si](C)(C)C(C)(C)C. The summed E-state index contributed by atoms with van der Waals surface area (Å²) >= 11 is 0. The van der Waals surface area contributed by atoms with Crippen molar-refractivity contribution in [1.29, 1.82) is 0 Å². The molecule has 13 heteroatoms. The molecule has 390 valence electrons. The van der Waals surface area contributed by atoms with Gasteiger partial charge in [0.15, 0.2) is 33.3 Å². The van der Waals surface area contributed by atoms with Gasteiger partial charge in [-0.05, 0) is 90.2 Å². The smallest absolute Gasteiger partial charge is 0.330 e. The summed E-state index contributed by atoms with van der Waals surface area (Å²) in [6.07, 6.45) is 1.71. The van der Waals surface area contributed by atoms with Crippen molar-refractivity contribution in [2.75, 3.05) is 20.8 Å². The van der Waals surface area contributed by atoms with Crippen molar-refractivity contribution in [2.45, 2.75) is 228 Å². The van der Waals surface area contributed by atoms with E-state index in [-0.39, 0.29) is 61.8 Å². The number of ether oxygens (including phenoxy) is 3. The molecule has 0 aromatic heterocycles. The average Bonchev–Trinajstić information content (AvgIpc) is 3.19. The van der Waals surface area contributed by atoms with Crippen LogP contribution in [0.5, 0.6) is 5.75 Å². The first-order valence-corrected chi connectivity index (χ1v) is 36.8. The minimum Gasteiger partial charge on any atom is -0.497 e. The van der Waals surface area contributed by atoms with Gasteiger partial charge in [0.2, 0.25) is 0 Å². The highest BCUT2D eigenvalue weighted by molar-refractivity contribution is 6.75. The van der Waals surface area contributed by atoms with Crippen LogP contribution in [0.4, 0.5) is 0 Å². The number of carbonyl (C=O) groups is 2. The van der Waals surface area contributed by atoms with Gasteiger partial charge in [0.25, 0.3) is 0 Å². The molecule has 0 heterocycles. The molecule has 9 nitrogen and oxygen atoms in total. The Hall–Kier alpha value is -1.43. The van der Waals surface area contributed by atoms with Crippen LogP contribution >= 0.6 is 0 Å². The largest absolute Gasteiger partial charge is 0.497 e. The van der Waals surface area contributed by atoms with Crippen LogP contribution in [0.2, 0.25) is 72.5 Å². The van der Waals surface area contributed by atoms with Gasteiger partial charge in [-0.1, -0.05) is 143 Å². The third-order valence-corrected chi connectivity index (χ3v) is 34.5. The van der Waals surface area contributed by atoms with Crippen molar-refractivity contribution in [3.8, 4) is 5.75 Å². The van der Waals surface area contributed by atoms with Crippen molar-refractivity contribution < 1.29 is 41.5 Å². The first-order chi connectivity index (χ1) is 30.0. The monoisotopic (exact) mass is 1010 g/mol. The molecule has 1 rings (SSSR count). The molecule has 1 aromatic rings. The number of Topliss-reactive ketones (excluding diaryl/α,β-unsaturated/α-hetero) is 1. The average molecular weight is 1010 g/mol. The summed E-state index contributed by atoms with van der Waals surface area (Å²) in [6, 6.07) is 8.05. The fourth-order valence-corrected chi connectivity index (χ4v) is 13.0. The lowest BCUT2D eigenvalue weighted by molar-refractivity contribution is -0.139. The van der Waals surface area contributed by atoms with Crippen molar-refractivity contribution in [3.63, 3.8) is 0 Å². The molecule has 1 aromatic carbocycles. The van der Waals surface area contributed by atoms with E-state index < -0.39 is 63.3 Å². The highest BCUT2D eigenvalue weighted by Gasteiger charge is 2.50. The van der Waals surface area contributed by atoms with Crippen LogP contribution in [0.25, 0.3) is 0 Å². The van der Waals surface area contributed by atoms with E-state index in [1.54, 1.807) is 7.11 Å². The maximum Gasteiger partial charge on any atom is 0.330 e. The first kappa shape index (κ1) is 63.6.